The van der Waals surface area contributed by atoms with E-state index >= 15 is 0 Å². The minimum Gasteiger partial charge on any atom is -0.352 e. The van der Waals surface area contributed by atoms with E-state index in [9.17, 15) is 4.79 Å². The minimum atomic E-state index is 0.0809. The second-order valence-electron chi connectivity index (χ2n) is 7.09. The average Bonchev–Trinajstić information content (AvgIpc) is 3.09. The Morgan fingerprint density at radius 3 is 2.71 bits per heavy atom. The molecule has 1 aliphatic rings. The van der Waals surface area contributed by atoms with Crippen molar-refractivity contribution >= 4 is 23.5 Å². The highest BCUT2D eigenvalue weighted by Gasteiger charge is 2.19. The molecule has 0 bridgehead atoms. The summed E-state index contributed by atoms with van der Waals surface area (Å²) in [4.78, 5) is 18.1. The van der Waals surface area contributed by atoms with Crippen LogP contribution in [-0.4, -0.2) is 30.4 Å². The standard InChI is InChI=1S/C22H27ClN4O/c1-16(19-8-4-9-20(23)13-19)26-22(24-2)25-14-17-6-3-7-18(12-17)15-27-11-5-10-21(27)28/h3-4,6-9,12-13,16H,5,10-11,14-15H2,1-2H3,(H2,24,25,26). The van der Waals surface area contributed by atoms with Gasteiger partial charge in [-0.1, -0.05) is 48.0 Å². The first-order valence-corrected chi connectivity index (χ1v) is 10.0. The van der Waals surface area contributed by atoms with Gasteiger partial charge in [-0.3, -0.25) is 9.79 Å². The van der Waals surface area contributed by atoms with Crippen molar-refractivity contribution < 1.29 is 4.79 Å². The molecule has 2 aromatic rings. The Balaban J connectivity index is 1.56. The second kappa shape index (κ2) is 9.60. The molecule has 0 aliphatic carbocycles. The quantitative estimate of drug-likeness (QED) is 0.573. The number of likely N-dealkylation sites (tertiary alicyclic amines) is 1. The molecule has 1 saturated heterocycles. The van der Waals surface area contributed by atoms with Crippen LogP contribution in [0.4, 0.5) is 0 Å². The summed E-state index contributed by atoms with van der Waals surface area (Å²) in [6, 6.07) is 16.2. The second-order valence-corrected chi connectivity index (χ2v) is 7.52. The molecule has 1 atom stereocenters. The molecule has 28 heavy (non-hydrogen) atoms. The molecule has 148 valence electrons. The summed E-state index contributed by atoms with van der Waals surface area (Å²) in [5, 5.41) is 7.47. The van der Waals surface area contributed by atoms with Gasteiger partial charge in [0, 0.05) is 38.1 Å². The van der Waals surface area contributed by atoms with E-state index in [2.05, 4.69) is 40.7 Å². The normalized spacial score (nSPS) is 15.6. The number of aliphatic imine (C=N–C) groups is 1. The molecule has 1 unspecified atom stereocenters. The van der Waals surface area contributed by atoms with Gasteiger partial charge in [0.25, 0.3) is 0 Å². The molecule has 5 nitrogen and oxygen atoms in total. The molecular formula is C22H27ClN4O. The molecule has 1 amide bonds. The number of guanidine groups is 1. The number of rotatable bonds is 6. The smallest absolute Gasteiger partial charge is 0.222 e. The Morgan fingerprint density at radius 1 is 1.21 bits per heavy atom. The molecule has 1 fully saturated rings. The van der Waals surface area contributed by atoms with Crippen LogP contribution in [-0.2, 0) is 17.9 Å². The van der Waals surface area contributed by atoms with Gasteiger partial charge in [0.2, 0.25) is 5.91 Å². The Morgan fingerprint density at radius 2 is 2.00 bits per heavy atom. The number of hydrogen-bond donors (Lipinski definition) is 2. The first kappa shape index (κ1) is 20.2. The van der Waals surface area contributed by atoms with E-state index in [-0.39, 0.29) is 11.9 Å². The third kappa shape index (κ3) is 5.49. The van der Waals surface area contributed by atoms with Crippen LogP contribution in [0, 0.1) is 0 Å². The van der Waals surface area contributed by atoms with Gasteiger partial charge < -0.3 is 15.5 Å². The molecule has 0 spiro atoms. The molecule has 3 rings (SSSR count). The van der Waals surface area contributed by atoms with Crippen LogP contribution in [0.5, 0.6) is 0 Å². The zero-order valence-corrected chi connectivity index (χ0v) is 17.2. The van der Waals surface area contributed by atoms with Gasteiger partial charge >= 0.3 is 0 Å². The van der Waals surface area contributed by atoms with Crippen molar-refractivity contribution in [1.29, 1.82) is 0 Å². The summed E-state index contributed by atoms with van der Waals surface area (Å²) in [7, 11) is 1.76. The largest absolute Gasteiger partial charge is 0.352 e. The lowest BCUT2D eigenvalue weighted by atomic mass is 10.1. The number of nitrogens with zero attached hydrogens (tertiary/aromatic N) is 2. The zero-order chi connectivity index (χ0) is 19.9. The summed E-state index contributed by atoms with van der Waals surface area (Å²) in [5.41, 5.74) is 3.42. The first-order valence-electron chi connectivity index (χ1n) is 9.63. The predicted molar refractivity (Wildman–Crippen MR) is 114 cm³/mol. The molecule has 1 heterocycles. The van der Waals surface area contributed by atoms with Gasteiger partial charge in [-0.25, -0.2) is 0 Å². The van der Waals surface area contributed by atoms with E-state index in [4.69, 9.17) is 11.6 Å². The third-order valence-electron chi connectivity index (χ3n) is 4.92. The van der Waals surface area contributed by atoms with Gasteiger partial charge in [-0.05, 0) is 42.2 Å². The number of amides is 1. The van der Waals surface area contributed by atoms with E-state index in [0.29, 0.717) is 19.5 Å². The van der Waals surface area contributed by atoms with Gasteiger partial charge in [0.05, 0.1) is 6.04 Å². The molecule has 1 aliphatic heterocycles. The summed E-state index contributed by atoms with van der Waals surface area (Å²) in [5.74, 6) is 0.982. The predicted octanol–water partition coefficient (Wildman–Crippen LogP) is 3.89. The van der Waals surface area contributed by atoms with Crippen LogP contribution >= 0.6 is 11.6 Å². The molecule has 2 aromatic carbocycles. The minimum absolute atomic E-state index is 0.0809. The summed E-state index contributed by atoms with van der Waals surface area (Å²) < 4.78 is 0. The number of hydrogen-bond acceptors (Lipinski definition) is 2. The fourth-order valence-corrected chi connectivity index (χ4v) is 3.57. The highest BCUT2D eigenvalue weighted by molar-refractivity contribution is 6.30. The summed E-state index contributed by atoms with van der Waals surface area (Å²) in [6.45, 7) is 4.28. The van der Waals surface area contributed by atoms with Gasteiger partial charge in [0.1, 0.15) is 0 Å². The number of carbonyl (C=O) groups excluding carboxylic acids is 1. The molecule has 6 heteroatoms. The van der Waals surface area contributed by atoms with Gasteiger partial charge in [0.15, 0.2) is 5.96 Å². The molecule has 0 radical (unpaired) electrons. The fraction of sp³-hybridized carbons (Fsp3) is 0.364. The maximum absolute atomic E-state index is 11.8. The monoisotopic (exact) mass is 398 g/mol. The van der Waals surface area contributed by atoms with Crippen LogP contribution in [0.15, 0.2) is 53.5 Å². The Kier molecular flexibility index (Phi) is 6.93. The van der Waals surface area contributed by atoms with E-state index < -0.39 is 0 Å². The molecule has 0 aromatic heterocycles. The third-order valence-corrected chi connectivity index (χ3v) is 5.16. The zero-order valence-electron chi connectivity index (χ0n) is 16.4. The van der Waals surface area contributed by atoms with Crippen molar-refractivity contribution in [3.63, 3.8) is 0 Å². The lowest BCUT2D eigenvalue weighted by Crippen LogP contribution is -2.38. The van der Waals surface area contributed by atoms with E-state index in [1.54, 1.807) is 7.05 Å². The van der Waals surface area contributed by atoms with Crippen molar-refractivity contribution in [2.45, 2.75) is 38.9 Å². The number of nitrogens with one attached hydrogen (secondary N) is 2. The number of benzene rings is 2. The molecule has 0 saturated carbocycles. The van der Waals surface area contributed by atoms with E-state index in [1.807, 2.05) is 35.2 Å². The maximum atomic E-state index is 11.8. The van der Waals surface area contributed by atoms with Crippen molar-refractivity contribution in [3.8, 4) is 0 Å². The average molecular weight is 399 g/mol. The van der Waals surface area contributed by atoms with Gasteiger partial charge in [-0.15, -0.1) is 0 Å². The summed E-state index contributed by atoms with van der Waals surface area (Å²) in [6.07, 6.45) is 1.64. The highest BCUT2D eigenvalue weighted by Crippen LogP contribution is 2.17. The van der Waals surface area contributed by atoms with E-state index in [0.717, 1.165) is 40.6 Å². The molecular weight excluding hydrogens is 372 g/mol. The number of carbonyl (C=O) groups is 1. The van der Waals surface area contributed by atoms with Crippen LogP contribution in [0.25, 0.3) is 0 Å². The van der Waals surface area contributed by atoms with Crippen LogP contribution in [0.3, 0.4) is 0 Å². The van der Waals surface area contributed by atoms with Crippen LogP contribution in [0.2, 0.25) is 5.02 Å². The van der Waals surface area contributed by atoms with Crippen molar-refractivity contribution in [2.24, 2.45) is 4.99 Å². The Hall–Kier alpha value is -2.53. The van der Waals surface area contributed by atoms with Crippen LogP contribution < -0.4 is 10.6 Å². The van der Waals surface area contributed by atoms with E-state index in [1.165, 1.54) is 0 Å². The topological polar surface area (TPSA) is 56.7 Å². The lowest BCUT2D eigenvalue weighted by Gasteiger charge is -2.19. The van der Waals surface area contributed by atoms with Crippen molar-refractivity contribution in [1.82, 2.24) is 15.5 Å². The molecule has 2 N–H and O–H groups in total. The fourth-order valence-electron chi connectivity index (χ4n) is 3.37. The van der Waals surface area contributed by atoms with Gasteiger partial charge in [-0.2, -0.15) is 0 Å². The number of halogens is 1. The maximum Gasteiger partial charge on any atom is 0.222 e. The van der Waals surface area contributed by atoms with Crippen LogP contribution in [0.1, 0.15) is 42.5 Å². The lowest BCUT2D eigenvalue weighted by molar-refractivity contribution is -0.128. The van der Waals surface area contributed by atoms with Crippen molar-refractivity contribution in [3.05, 3.63) is 70.2 Å². The SMILES string of the molecule is CN=C(NCc1cccc(CN2CCCC2=O)c1)NC(C)c1cccc(Cl)c1. The van der Waals surface area contributed by atoms with Crippen molar-refractivity contribution in [2.75, 3.05) is 13.6 Å². The Labute approximate surface area is 171 Å². The summed E-state index contributed by atoms with van der Waals surface area (Å²) >= 11 is 6.09. The highest BCUT2D eigenvalue weighted by atomic mass is 35.5. The first-order chi connectivity index (χ1) is 13.5. The Bertz CT molecular complexity index is 852.